The Morgan fingerprint density at radius 1 is 1.12 bits per heavy atom. The molecule has 0 saturated carbocycles. The lowest BCUT2D eigenvalue weighted by atomic mass is 10.1. The van der Waals surface area contributed by atoms with Crippen LogP contribution in [0.15, 0.2) is 49.1 Å². The molecule has 0 fully saturated rings. The molecule has 128 valence electrons. The highest BCUT2D eigenvalue weighted by molar-refractivity contribution is 6.16. The molecule has 2 aromatic carbocycles. The number of aromatic amines is 3. The van der Waals surface area contributed by atoms with E-state index >= 15 is 0 Å². The number of carbonyl (C=O) groups excluding carboxylic acids is 1. The van der Waals surface area contributed by atoms with Crippen molar-refractivity contribution in [3.63, 3.8) is 0 Å². The second kappa shape index (κ2) is 5.73. The Balaban J connectivity index is 1.46. The number of fused-ring (bicyclic) bond motifs is 5. The van der Waals surface area contributed by atoms with E-state index in [-0.39, 0.29) is 5.91 Å². The number of aromatic nitrogens is 5. The van der Waals surface area contributed by atoms with Crippen molar-refractivity contribution < 1.29 is 4.79 Å². The highest BCUT2D eigenvalue weighted by atomic mass is 16.1. The molecule has 0 bridgehead atoms. The van der Waals surface area contributed by atoms with Crippen molar-refractivity contribution in [2.45, 2.75) is 6.42 Å². The summed E-state index contributed by atoms with van der Waals surface area (Å²) in [5, 5.41) is 13.2. The lowest BCUT2D eigenvalue weighted by Gasteiger charge is -2.04. The molecule has 5 rings (SSSR count). The smallest absolute Gasteiger partial charge is 0.251 e. The van der Waals surface area contributed by atoms with Crippen LogP contribution in [-0.4, -0.2) is 37.6 Å². The number of benzene rings is 2. The molecule has 1 amide bonds. The van der Waals surface area contributed by atoms with Gasteiger partial charge in [-0.3, -0.25) is 9.89 Å². The number of rotatable bonds is 4. The van der Waals surface area contributed by atoms with Crippen LogP contribution in [0, 0.1) is 0 Å². The number of nitrogens with one attached hydrogen (secondary N) is 4. The fourth-order valence-electron chi connectivity index (χ4n) is 3.35. The summed E-state index contributed by atoms with van der Waals surface area (Å²) in [4.78, 5) is 23.0. The minimum Gasteiger partial charge on any atom is -0.353 e. The van der Waals surface area contributed by atoms with E-state index in [1.54, 1.807) is 12.5 Å². The van der Waals surface area contributed by atoms with E-state index in [0.717, 1.165) is 38.4 Å². The maximum atomic E-state index is 12.5. The summed E-state index contributed by atoms with van der Waals surface area (Å²) in [6.45, 7) is 0.546. The fourth-order valence-corrected chi connectivity index (χ4v) is 3.35. The second-order valence-electron chi connectivity index (χ2n) is 6.27. The van der Waals surface area contributed by atoms with Crippen LogP contribution < -0.4 is 5.32 Å². The Labute approximate surface area is 147 Å². The van der Waals surface area contributed by atoms with E-state index in [1.807, 2.05) is 30.5 Å². The third-order valence-electron chi connectivity index (χ3n) is 4.67. The van der Waals surface area contributed by atoms with Gasteiger partial charge in [0.2, 0.25) is 0 Å². The number of carbonyl (C=O) groups is 1. The molecule has 0 aliphatic heterocycles. The standard InChI is InChI=1S/C19H16N6O/c26-19(21-6-5-13-9-20-10-22-13)11-2-4-16-15(7-11)14-3-1-12-8-23-25-17(12)18(14)24-16/h1-4,7-10,24H,5-6H2,(H,20,22)(H,21,26)(H,23,25). The van der Waals surface area contributed by atoms with Gasteiger partial charge in [-0.25, -0.2) is 4.98 Å². The summed E-state index contributed by atoms with van der Waals surface area (Å²) in [7, 11) is 0. The third kappa shape index (κ3) is 2.33. The monoisotopic (exact) mass is 344 g/mol. The van der Waals surface area contributed by atoms with Gasteiger partial charge in [-0.05, 0) is 18.2 Å². The first-order valence-corrected chi connectivity index (χ1v) is 8.43. The third-order valence-corrected chi connectivity index (χ3v) is 4.67. The molecule has 3 heterocycles. The van der Waals surface area contributed by atoms with Gasteiger partial charge in [-0.15, -0.1) is 0 Å². The summed E-state index contributed by atoms with van der Waals surface area (Å²) in [6.07, 6.45) is 5.97. The van der Waals surface area contributed by atoms with Gasteiger partial charge in [0.05, 0.1) is 29.3 Å². The molecule has 7 heteroatoms. The van der Waals surface area contributed by atoms with Gasteiger partial charge in [0.15, 0.2) is 0 Å². The molecule has 0 aliphatic carbocycles. The van der Waals surface area contributed by atoms with Gasteiger partial charge in [0, 0.05) is 46.4 Å². The molecule has 0 saturated heterocycles. The molecule has 7 nitrogen and oxygen atoms in total. The van der Waals surface area contributed by atoms with Gasteiger partial charge in [-0.1, -0.05) is 12.1 Å². The average molecular weight is 344 g/mol. The highest BCUT2D eigenvalue weighted by Gasteiger charge is 2.12. The van der Waals surface area contributed by atoms with Gasteiger partial charge < -0.3 is 15.3 Å². The summed E-state index contributed by atoms with van der Waals surface area (Å²) < 4.78 is 0. The molecule has 26 heavy (non-hydrogen) atoms. The van der Waals surface area contributed by atoms with Crippen molar-refractivity contribution in [1.82, 2.24) is 30.5 Å². The van der Waals surface area contributed by atoms with E-state index in [2.05, 4.69) is 36.5 Å². The molecule has 0 radical (unpaired) electrons. The topological polar surface area (TPSA) is 102 Å². The predicted octanol–water partition coefficient (Wildman–Crippen LogP) is 2.89. The van der Waals surface area contributed by atoms with E-state index < -0.39 is 0 Å². The predicted molar refractivity (Wildman–Crippen MR) is 100 cm³/mol. The molecular formula is C19H16N6O. The summed E-state index contributed by atoms with van der Waals surface area (Å²) >= 11 is 0. The van der Waals surface area contributed by atoms with E-state index in [4.69, 9.17) is 0 Å². The number of hydrogen-bond acceptors (Lipinski definition) is 3. The van der Waals surface area contributed by atoms with Crippen molar-refractivity contribution in [3.8, 4) is 0 Å². The number of imidazole rings is 1. The van der Waals surface area contributed by atoms with Crippen molar-refractivity contribution >= 4 is 38.6 Å². The number of H-pyrrole nitrogens is 3. The minimum atomic E-state index is -0.0839. The average Bonchev–Trinajstić information content (AvgIpc) is 3.39. The Morgan fingerprint density at radius 2 is 2.08 bits per heavy atom. The van der Waals surface area contributed by atoms with Gasteiger partial charge >= 0.3 is 0 Å². The first-order chi connectivity index (χ1) is 12.8. The second-order valence-corrected chi connectivity index (χ2v) is 6.27. The van der Waals surface area contributed by atoms with Crippen LogP contribution in [0.25, 0.3) is 32.7 Å². The summed E-state index contributed by atoms with van der Waals surface area (Å²) in [5.41, 5.74) is 4.55. The molecule has 3 aromatic heterocycles. The molecule has 0 aliphatic rings. The lowest BCUT2D eigenvalue weighted by Crippen LogP contribution is -2.25. The lowest BCUT2D eigenvalue weighted by molar-refractivity contribution is 0.0954. The Bertz CT molecular complexity index is 1230. The van der Waals surface area contributed by atoms with Gasteiger partial charge in [0.25, 0.3) is 5.91 Å². The minimum absolute atomic E-state index is 0.0839. The zero-order valence-corrected chi connectivity index (χ0v) is 13.8. The maximum Gasteiger partial charge on any atom is 0.251 e. The normalized spacial score (nSPS) is 11.5. The van der Waals surface area contributed by atoms with Crippen LogP contribution >= 0.6 is 0 Å². The summed E-state index contributed by atoms with van der Waals surface area (Å²) in [6, 6.07) is 9.81. The van der Waals surface area contributed by atoms with Crippen LogP contribution in [-0.2, 0) is 6.42 Å². The van der Waals surface area contributed by atoms with E-state index in [0.29, 0.717) is 18.5 Å². The van der Waals surface area contributed by atoms with Gasteiger partial charge in [-0.2, -0.15) is 5.10 Å². The quantitative estimate of drug-likeness (QED) is 0.403. The van der Waals surface area contributed by atoms with E-state index in [9.17, 15) is 4.79 Å². The van der Waals surface area contributed by atoms with E-state index in [1.165, 1.54) is 0 Å². The highest BCUT2D eigenvalue weighted by Crippen LogP contribution is 2.30. The Morgan fingerprint density at radius 3 is 2.96 bits per heavy atom. The SMILES string of the molecule is O=C(NCCc1c[nH]cn1)c1ccc2[nH]c3c(ccc4cn[nH]c43)c2c1. The van der Waals surface area contributed by atoms with Crippen molar-refractivity contribution in [2.24, 2.45) is 0 Å². The molecule has 0 unspecified atom stereocenters. The van der Waals surface area contributed by atoms with Crippen LogP contribution in [0.1, 0.15) is 16.1 Å². The molecular weight excluding hydrogens is 328 g/mol. The van der Waals surface area contributed by atoms with Crippen molar-refractivity contribution in [2.75, 3.05) is 6.54 Å². The van der Waals surface area contributed by atoms with Crippen molar-refractivity contribution in [1.29, 1.82) is 0 Å². The molecule has 5 aromatic rings. The Kier molecular flexibility index (Phi) is 3.24. The molecule has 0 spiro atoms. The van der Waals surface area contributed by atoms with Crippen molar-refractivity contribution in [3.05, 3.63) is 60.3 Å². The largest absolute Gasteiger partial charge is 0.353 e. The summed E-state index contributed by atoms with van der Waals surface area (Å²) in [5.74, 6) is -0.0839. The molecule has 0 atom stereocenters. The van der Waals surface area contributed by atoms with Crippen LogP contribution in [0.5, 0.6) is 0 Å². The fraction of sp³-hybridized carbons (Fsp3) is 0.105. The van der Waals surface area contributed by atoms with Gasteiger partial charge in [0.1, 0.15) is 0 Å². The van der Waals surface area contributed by atoms with Crippen LogP contribution in [0.3, 0.4) is 0 Å². The zero-order chi connectivity index (χ0) is 17.5. The molecule has 4 N–H and O–H groups in total. The first-order valence-electron chi connectivity index (χ1n) is 8.43. The number of amides is 1. The Hall–Kier alpha value is -3.61. The maximum absolute atomic E-state index is 12.5. The number of nitrogens with zero attached hydrogens (tertiary/aromatic N) is 2. The van der Waals surface area contributed by atoms with Crippen LogP contribution in [0.4, 0.5) is 0 Å². The first kappa shape index (κ1) is 14.7. The zero-order valence-electron chi connectivity index (χ0n) is 13.8. The number of hydrogen-bond donors (Lipinski definition) is 4. The van der Waals surface area contributed by atoms with Crippen LogP contribution in [0.2, 0.25) is 0 Å².